The van der Waals surface area contributed by atoms with Crippen molar-refractivity contribution < 1.29 is 9.53 Å². The van der Waals surface area contributed by atoms with Crippen molar-refractivity contribution >= 4 is 27.5 Å². The van der Waals surface area contributed by atoms with Gasteiger partial charge in [-0.3, -0.25) is 9.59 Å². The molecule has 1 aromatic heterocycles. The predicted molar refractivity (Wildman–Crippen MR) is 84.7 cm³/mol. The summed E-state index contributed by atoms with van der Waals surface area (Å²) in [5.41, 5.74) is 0.955. The number of benzene rings is 1. The number of carbonyl (C=O) groups is 1. The lowest BCUT2D eigenvalue weighted by molar-refractivity contribution is -0.118. The molecule has 0 saturated heterocycles. The van der Waals surface area contributed by atoms with Crippen molar-refractivity contribution in [2.45, 2.75) is 13.3 Å². The first kappa shape index (κ1) is 15.3. The van der Waals surface area contributed by atoms with Crippen molar-refractivity contribution in [3.63, 3.8) is 0 Å². The van der Waals surface area contributed by atoms with Crippen LogP contribution >= 0.6 is 15.9 Å². The highest BCUT2D eigenvalue weighted by Crippen LogP contribution is 2.14. The Morgan fingerprint density at radius 1 is 1.38 bits per heavy atom. The average Bonchev–Trinajstić information content (AvgIpc) is 2.49. The molecular formula is C15H15BrN2O3. The van der Waals surface area contributed by atoms with Crippen LogP contribution < -0.4 is 15.6 Å². The Morgan fingerprint density at radius 3 is 2.95 bits per heavy atom. The van der Waals surface area contributed by atoms with Gasteiger partial charge in [0.15, 0.2) is 6.61 Å². The topological polar surface area (TPSA) is 71.2 Å². The standard InChI is InChI=1S/C15H15BrN2O3/c1-2-10-4-3-5-12(6-10)21-9-14(19)18-13-7-11(16)8-17-15(13)20/h3-8H,2,9H2,1H3,(H,17,20)(H,18,19). The van der Waals surface area contributed by atoms with E-state index >= 15 is 0 Å². The second-order valence-corrected chi connectivity index (χ2v) is 5.31. The van der Waals surface area contributed by atoms with Gasteiger partial charge in [0.1, 0.15) is 11.4 Å². The Kier molecular flexibility index (Phi) is 5.16. The highest BCUT2D eigenvalue weighted by molar-refractivity contribution is 9.10. The molecule has 0 unspecified atom stereocenters. The molecule has 0 atom stereocenters. The molecule has 2 rings (SSSR count). The van der Waals surface area contributed by atoms with Crippen molar-refractivity contribution in [1.82, 2.24) is 4.98 Å². The minimum Gasteiger partial charge on any atom is -0.484 e. The molecule has 2 aromatic rings. The number of halogens is 1. The van der Waals surface area contributed by atoms with Gasteiger partial charge in [-0.2, -0.15) is 0 Å². The molecule has 0 aliphatic carbocycles. The van der Waals surface area contributed by atoms with Crippen LogP contribution in [-0.4, -0.2) is 17.5 Å². The van der Waals surface area contributed by atoms with Crippen LogP contribution in [0.2, 0.25) is 0 Å². The van der Waals surface area contributed by atoms with Crippen LogP contribution in [0.25, 0.3) is 0 Å². The van der Waals surface area contributed by atoms with E-state index in [9.17, 15) is 9.59 Å². The SMILES string of the molecule is CCc1cccc(OCC(=O)Nc2cc(Br)c[nH]c2=O)c1. The first-order valence-corrected chi connectivity index (χ1v) is 7.27. The van der Waals surface area contributed by atoms with Gasteiger partial charge in [0.05, 0.1) is 0 Å². The number of nitrogens with one attached hydrogen (secondary N) is 2. The van der Waals surface area contributed by atoms with E-state index in [0.29, 0.717) is 10.2 Å². The summed E-state index contributed by atoms with van der Waals surface area (Å²) in [6.07, 6.45) is 2.40. The zero-order valence-electron chi connectivity index (χ0n) is 11.5. The van der Waals surface area contributed by atoms with Crippen LogP contribution in [-0.2, 0) is 11.2 Å². The van der Waals surface area contributed by atoms with Gasteiger partial charge in [-0.1, -0.05) is 19.1 Å². The smallest absolute Gasteiger partial charge is 0.271 e. The van der Waals surface area contributed by atoms with Crippen LogP contribution in [0.5, 0.6) is 5.75 Å². The van der Waals surface area contributed by atoms with Gasteiger partial charge in [-0.05, 0) is 46.1 Å². The van der Waals surface area contributed by atoms with Gasteiger partial charge in [0.2, 0.25) is 0 Å². The zero-order valence-corrected chi connectivity index (χ0v) is 13.1. The molecule has 110 valence electrons. The lowest BCUT2D eigenvalue weighted by atomic mass is 10.2. The number of carbonyl (C=O) groups excluding carboxylic acids is 1. The highest BCUT2D eigenvalue weighted by atomic mass is 79.9. The second kappa shape index (κ2) is 7.08. The molecule has 0 aliphatic rings. The largest absolute Gasteiger partial charge is 0.484 e. The first-order valence-electron chi connectivity index (χ1n) is 6.48. The highest BCUT2D eigenvalue weighted by Gasteiger charge is 2.07. The number of hydrogen-bond acceptors (Lipinski definition) is 3. The van der Waals surface area contributed by atoms with Crippen molar-refractivity contribution in [3.05, 3.63) is 56.9 Å². The molecule has 1 amide bonds. The summed E-state index contributed by atoms with van der Waals surface area (Å²) in [6.45, 7) is 1.89. The third-order valence-electron chi connectivity index (χ3n) is 2.82. The van der Waals surface area contributed by atoms with E-state index in [4.69, 9.17) is 4.74 Å². The number of ether oxygens (including phenoxy) is 1. The summed E-state index contributed by atoms with van der Waals surface area (Å²) in [4.78, 5) is 25.8. The van der Waals surface area contributed by atoms with Gasteiger partial charge in [-0.25, -0.2) is 0 Å². The number of amides is 1. The number of pyridine rings is 1. The number of hydrogen-bond donors (Lipinski definition) is 2. The van der Waals surface area contributed by atoms with E-state index in [1.54, 1.807) is 6.07 Å². The molecule has 1 aromatic carbocycles. The van der Waals surface area contributed by atoms with Crippen molar-refractivity contribution in [2.24, 2.45) is 0 Å². The molecule has 0 spiro atoms. The monoisotopic (exact) mass is 350 g/mol. The summed E-state index contributed by atoms with van der Waals surface area (Å²) in [5, 5.41) is 2.51. The van der Waals surface area contributed by atoms with Gasteiger partial charge in [0.25, 0.3) is 11.5 Å². The predicted octanol–water partition coefficient (Wildman–Crippen LogP) is 2.72. The maximum absolute atomic E-state index is 11.8. The fourth-order valence-corrected chi connectivity index (χ4v) is 2.08. The molecule has 0 fully saturated rings. The van der Waals surface area contributed by atoms with Crippen LogP contribution in [0.3, 0.4) is 0 Å². The average molecular weight is 351 g/mol. The maximum atomic E-state index is 11.8. The third kappa shape index (κ3) is 4.46. The fourth-order valence-electron chi connectivity index (χ4n) is 1.74. The number of anilines is 1. The summed E-state index contributed by atoms with van der Waals surface area (Å²) in [5.74, 6) is 0.244. The van der Waals surface area contributed by atoms with Crippen LogP contribution in [0.1, 0.15) is 12.5 Å². The van der Waals surface area contributed by atoms with E-state index in [0.717, 1.165) is 12.0 Å². The first-order chi connectivity index (χ1) is 10.1. The molecular weight excluding hydrogens is 336 g/mol. The second-order valence-electron chi connectivity index (χ2n) is 4.40. The molecule has 0 aliphatic heterocycles. The van der Waals surface area contributed by atoms with Crippen LogP contribution in [0.15, 0.2) is 45.8 Å². The van der Waals surface area contributed by atoms with E-state index in [1.807, 2.05) is 25.1 Å². The van der Waals surface area contributed by atoms with E-state index in [-0.39, 0.29) is 23.8 Å². The third-order valence-corrected chi connectivity index (χ3v) is 3.28. The Morgan fingerprint density at radius 2 is 2.19 bits per heavy atom. The fraction of sp³-hybridized carbons (Fsp3) is 0.200. The lowest BCUT2D eigenvalue weighted by Gasteiger charge is -2.08. The van der Waals surface area contributed by atoms with Gasteiger partial charge in [0, 0.05) is 10.7 Å². The lowest BCUT2D eigenvalue weighted by Crippen LogP contribution is -2.24. The number of aromatic amines is 1. The molecule has 0 saturated carbocycles. The molecule has 6 heteroatoms. The summed E-state index contributed by atoms with van der Waals surface area (Å²) >= 11 is 3.23. The normalized spacial score (nSPS) is 10.2. The molecule has 0 bridgehead atoms. The van der Waals surface area contributed by atoms with E-state index in [2.05, 4.69) is 26.2 Å². The number of aryl methyl sites for hydroxylation is 1. The minimum absolute atomic E-state index is 0.154. The van der Waals surface area contributed by atoms with Crippen LogP contribution in [0, 0.1) is 0 Å². The molecule has 5 nitrogen and oxygen atoms in total. The summed E-state index contributed by atoms with van der Waals surface area (Å²) in [7, 11) is 0. The Labute approximate surface area is 130 Å². The summed E-state index contributed by atoms with van der Waals surface area (Å²) < 4.78 is 6.09. The zero-order chi connectivity index (χ0) is 15.2. The number of aromatic nitrogens is 1. The Bertz CT molecular complexity index is 697. The number of H-pyrrole nitrogens is 1. The van der Waals surface area contributed by atoms with Crippen molar-refractivity contribution in [3.8, 4) is 5.75 Å². The van der Waals surface area contributed by atoms with Gasteiger partial charge < -0.3 is 15.0 Å². The summed E-state index contributed by atoms with van der Waals surface area (Å²) in [6, 6.07) is 9.09. The van der Waals surface area contributed by atoms with E-state index < -0.39 is 0 Å². The number of rotatable bonds is 5. The molecule has 2 N–H and O–H groups in total. The maximum Gasteiger partial charge on any atom is 0.271 e. The van der Waals surface area contributed by atoms with Gasteiger partial charge in [-0.15, -0.1) is 0 Å². The molecule has 0 radical (unpaired) electrons. The molecule has 1 heterocycles. The quantitative estimate of drug-likeness (QED) is 0.870. The minimum atomic E-state index is -0.388. The Hall–Kier alpha value is -2.08. The van der Waals surface area contributed by atoms with Crippen molar-refractivity contribution in [2.75, 3.05) is 11.9 Å². The van der Waals surface area contributed by atoms with Crippen molar-refractivity contribution in [1.29, 1.82) is 0 Å². The van der Waals surface area contributed by atoms with E-state index in [1.165, 1.54) is 12.3 Å². The Balaban J connectivity index is 1.95. The van der Waals surface area contributed by atoms with Gasteiger partial charge >= 0.3 is 0 Å². The van der Waals surface area contributed by atoms with Crippen LogP contribution in [0.4, 0.5) is 5.69 Å². The molecule has 21 heavy (non-hydrogen) atoms.